The van der Waals surface area contributed by atoms with Gasteiger partial charge >= 0.3 is 6.18 Å². The molecule has 1 aromatic carbocycles. The maximum Gasteiger partial charge on any atom is 0.416 e. The second-order valence-electron chi connectivity index (χ2n) is 11.6. The van der Waals surface area contributed by atoms with Crippen molar-refractivity contribution in [2.45, 2.75) is 83.6 Å². The molecule has 0 heterocycles. The summed E-state index contributed by atoms with van der Waals surface area (Å²) in [6.45, 7) is 4.68. The molecule has 0 aromatic heterocycles. The molecule has 0 amide bonds. The predicted octanol–water partition coefficient (Wildman–Crippen LogP) is 6.46. The minimum atomic E-state index is -4.33. The third-order valence-corrected chi connectivity index (χ3v) is 10.1. The summed E-state index contributed by atoms with van der Waals surface area (Å²) in [6, 6.07) is 5.26. The molecule has 2 N–H and O–H groups in total. The van der Waals surface area contributed by atoms with E-state index in [-0.39, 0.29) is 16.9 Å². The van der Waals surface area contributed by atoms with Crippen LogP contribution in [0, 0.1) is 34.5 Å². The molecule has 0 aliphatic heterocycles. The van der Waals surface area contributed by atoms with E-state index < -0.39 is 17.8 Å². The standard InChI is InChI=1S/C27H35F3O2/c1-25-11-9-20(31)15-19(25)7-8-21-22(25)10-12-26(2)23(21)14-17(24(26)32)13-16-3-5-18(6-4-16)27(28,29)30/h3-6,13,19-24,31-32H,7-12,14-15H2,1-2H3/b17-13+/t19-,20+,21-,22+,23+,24+,25+,26+/m1/s1. The van der Waals surface area contributed by atoms with Crippen LogP contribution in [0.4, 0.5) is 13.2 Å². The zero-order chi connectivity index (χ0) is 22.9. The van der Waals surface area contributed by atoms with Crippen LogP contribution in [0.5, 0.6) is 0 Å². The predicted molar refractivity (Wildman–Crippen MR) is 119 cm³/mol. The topological polar surface area (TPSA) is 40.5 Å². The molecule has 0 bridgehead atoms. The van der Waals surface area contributed by atoms with Crippen LogP contribution < -0.4 is 0 Å². The lowest BCUT2D eigenvalue weighted by molar-refractivity contribution is -0.137. The van der Waals surface area contributed by atoms with Crippen molar-refractivity contribution in [3.05, 3.63) is 41.0 Å². The van der Waals surface area contributed by atoms with Gasteiger partial charge in [-0.1, -0.05) is 32.1 Å². The molecule has 0 spiro atoms. The molecule has 4 aliphatic rings. The molecule has 2 nitrogen and oxygen atoms in total. The molecule has 4 fully saturated rings. The summed E-state index contributed by atoms with van der Waals surface area (Å²) in [5.74, 6) is 2.25. The Hall–Kier alpha value is -1.33. The van der Waals surface area contributed by atoms with Crippen molar-refractivity contribution in [3.8, 4) is 0 Å². The molecule has 0 unspecified atom stereocenters. The van der Waals surface area contributed by atoms with Gasteiger partial charge in [-0.2, -0.15) is 13.2 Å². The summed E-state index contributed by atoms with van der Waals surface area (Å²) in [6.07, 6.45) is 5.13. The zero-order valence-electron chi connectivity index (χ0n) is 19.0. The summed E-state index contributed by atoms with van der Waals surface area (Å²) in [4.78, 5) is 0. The van der Waals surface area contributed by atoms with E-state index in [1.807, 2.05) is 6.08 Å². The van der Waals surface area contributed by atoms with E-state index in [9.17, 15) is 23.4 Å². The highest BCUT2D eigenvalue weighted by Crippen LogP contribution is 2.67. The van der Waals surface area contributed by atoms with Gasteiger partial charge in [0.1, 0.15) is 0 Å². The molecule has 32 heavy (non-hydrogen) atoms. The highest BCUT2D eigenvalue weighted by molar-refractivity contribution is 5.56. The van der Waals surface area contributed by atoms with Crippen LogP contribution in [0.2, 0.25) is 0 Å². The molecule has 1 aromatic rings. The van der Waals surface area contributed by atoms with Gasteiger partial charge in [0.2, 0.25) is 0 Å². The molecule has 5 rings (SSSR count). The summed E-state index contributed by atoms with van der Waals surface area (Å²) in [5.41, 5.74) is 1.19. The van der Waals surface area contributed by atoms with Crippen LogP contribution in [-0.2, 0) is 6.18 Å². The number of aliphatic hydroxyl groups is 2. The Kier molecular flexibility index (Phi) is 5.33. The molecule has 0 saturated heterocycles. The van der Waals surface area contributed by atoms with E-state index in [0.717, 1.165) is 74.6 Å². The van der Waals surface area contributed by atoms with Crippen molar-refractivity contribution in [1.82, 2.24) is 0 Å². The number of hydrogen-bond acceptors (Lipinski definition) is 2. The lowest BCUT2D eigenvalue weighted by Gasteiger charge is -2.60. The first kappa shape index (κ1) is 22.5. The average Bonchev–Trinajstić information content (AvgIpc) is 2.99. The first-order valence-electron chi connectivity index (χ1n) is 12.3. The molecule has 4 aliphatic carbocycles. The smallest absolute Gasteiger partial charge is 0.393 e. The van der Waals surface area contributed by atoms with Crippen LogP contribution >= 0.6 is 0 Å². The van der Waals surface area contributed by atoms with Gasteiger partial charge in [-0.3, -0.25) is 0 Å². The molecule has 176 valence electrons. The SMILES string of the molecule is C[C@]12CC[C@H](O)C[C@H]1CC[C@@H]1[C@@H]2CC[C@]2(C)[C@@H](O)/C(=C/c3ccc(C(F)(F)F)cc3)C[C@@H]12. The highest BCUT2D eigenvalue weighted by atomic mass is 19.4. The van der Waals surface area contributed by atoms with E-state index >= 15 is 0 Å². The van der Waals surface area contributed by atoms with Gasteiger partial charge < -0.3 is 10.2 Å². The van der Waals surface area contributed by atoms with Crippen LogP contribution in [0.1, 0.15) is 76.3 Å². The molecular formula is C27H35F3O2. The highest BCUT2D eigenvalue weighted by Gasteiger charge is 2.61. The van der Waals surface area contributed by atoms with Gasteiger partial charge in [-0.15, -0.1) is 0 Å². The van der Waals surface area contributed by atoms with Gasteiger partial charge in [0, 0.05) is 5.41 Å². The van der Waals surface area contributed by atoms with Gasteiger partial charge in [-0.05, 0) is 104 Å². The fourth-order valence-corrected chi connectivity index (χ4v) is 8.22. The van der Waals surface area contributed by atoms with Crippen LogP contribution in [0.3, 0.4) is 0 Å². The lowest BCUT2D eigenvalue weighted by Crippen LogP contribution is -2.54. The van der Waals surface area contributed by atoms with Gasteiger partial charge in [0.15, 0.2) is 0 Å². The first-order valence-corrected chi connectivity index (χ1v) is 12.3. The van der Waals surface area contributed by atoms with Crippen molar-refractivity contribution >= 4 is 6.08 Å². The van der Waals surface area contributed by atoms with Crippen molar-refractivity contribution < 1.29 is 23.4 Å². The molecule has 5 heteroatoms. The number of benzene rings is 1. The zero-order valence-corrected chi connectivity index (χ0v) is 19.0. The monoisotopic (exact) mass is 448 g/mol. The molecule has 4 saturated carbocycles. The fraction of sp³-hybridized carbons (Fsp3) is 0.704. The van der Waals surface area contributed by atoms with Crippen molar-refractivity contribution in [2.24, 2.45) is 34.5 Å². The number of rotatable bonds is 1. The number of halogens is 3. The van der Waals surface area contributed by atoms with Crippen LogP contribution in [0.15, 0.2) is 29.8 Å². The van der Waals surface area contributed by atoms with Gasteiger partial charge in [0.05, 0.1) is 17.8 Å². The third-order valence-electron chi connectivity index (χ3n) is 10.1. The van der Waals surface area contributed by atoms with Gasteiger partial charge in [-0.25, -0.2) is 0 Å². The van der Waals surface area contributed by atoms with Crippen molar-refractivity contribution in [3.63, 3.8) is 0 Å². The van der Waals surface area contributed by atoms with E-state index in [0.29, 0.717) is 23.7 Å². The Balaban J connectivity index is 1.40. The molecule has 0 radical (unpaired) electrons. The number of alkyl halides is 3. The Bertz CT molecular complexity index is 891. The quantitative estimate of drug-likeness (QED) is 0.517. The van der Waals surface area contributed by atoms with Crippen molar-refractivity contribution in [1.29, 1.82) is 0 Å². The molecular weight excluding hydrogens is 413 g/mol. The largest absolute Gasteiger partial charge is 0.416 e. The average molecular weight is 449 g/mol. The number of aliphatic hydroxyl groups excluding tert-OH is 2. The summed E-state index contributed by atoms with van der Waals surface area (Å²) < 4.78 is 38.7. The summed E-state index contributed by atoms with van der Waals surface area (Å²) in [5, 5.41) is 21.5. The third kappa shape index (κ3) is 3.46. The summed E-state index contributed by atoms with van der Waals surface area (Å²) in [7, 11) is 0. The van der Waals surface area contributed by atoms with E-state index in [4.69, 9.17) is 0 Å². The van der Waals surface area contributed by atoms with E-state index in [1.54, 1.807) is 0 Å². The van der Waals surface area contributed by atoms with Crippen LogP contribution in [0.25, 0.3) is 6.08 Å². The Morgan fingerprint density at radius 3 is 2.28 bits per heavy atom. The minimum Gasteiger partial charge on any atom is -0.393 e. The second kappa shape index (κ2) is 7.59. The fourth-order valence-electron chi connectivity index (χ4n) is 8.22. The second-order valence-corrected chi connectivity index (χ2v) is 11.6. The lowest BCUT2D eigenvalue weighted by atomic mass is 9.45. The maximum atomic E-state index is 12.9. The Morgan fingerprint density at radius 1 is 0.906 bits per heavy atom. The Morgan fingerprint density at radius 2 is 1.59 bits per heavy atom. The van der Waals surface area contributed by atoms with E-state index in [2.05, 4.69) is 13.8 Å². The van der Waals surface area contributed by atoms with Crippen LogP contribution in [-0.4, -0.2) is 22.4 Å². The Labute approximate surface area is 188 Å². The number of hydrogen-bond donors (Lipinski definition) is 2. The van der Waals surface area contributed by atoms with Crippen molar-refractivity contribution in [2.75, 3.05) is 0 Å². The van der Waals surface area contributed by atoms with E-state index in [1.165, 1.54) is 12.1 Å². The molecule has 8 atom stereocenters. The normalized spacial score (nSPS) is 45.3. The maximum absolute atomic E-state index is 12.9. The minimum absolute atomic E-state index is 0.148. The number of fused-ring (bicyclic) bond motifs is 5. The first-order chi connectivity index (χ1) is 15.0. The summed E-state index contributed by atoms with van der Waals surface area (Å²) >= 11 is 0. The van der Waals surface area contributed by atoms with Gasteiger partial charge in [0.25, 0.3) is 0 Å².